The maximum atomic E-state index is 12.0. The number of benzene rings is 1. The van der Waals surface area contributed by atoms with Gasteiger partial charge in [-0.05, 0) is 50.6 Å². The summed E-state index contributed by atoms with van der Waals surface area (Å²) in [5, 5.41) is 6.49. The van der Waals surface area contributed by atoms with Gasteiger partial charge in [-0.2, -0.15) is 0 Å². The molecule has 28 heavy (non-hydrogen) atoms. The lowest BCUT2D eigenvalue weighted by atomic mass is 10.1. The molecule has 0 unspecified atom stereocenters. The fourth-order valence-electron chi connectivity index (χ4n) is 2.22. The van der Waals surface area contributed by atoms with Crippen molar-refractivity contribution in [1.82, 2.24) is 10.6 Å². The Labute approximate surface area is 171 Å². The SMILES string of the molecule is COc1ccc(Cl)cc1/C=C(/CNCCOC(C)=O)CNC(=O)OC(C)(C)C. The molecule has 0 aliphatic heterocycles. The van der Waals surface area contributed by atoms with Crippen LogP contribution in [0.3, 0.4) is 0 Å². The van der Waals surface area contributed by atoms with Crippen molar-refractivity contribution in [2.45, 2.75) is 33.3 Å². The van der Waals surface area contributed by atoms with E-state index in [4.69, 9.17) is 25.8 Å². The van der Waals surface area contributed by atoms with Crippen LogP contribution in [0, 0.1) is 0 Å². The van der Waals surface area contributed by atoms with Crippen LogP contribution in [-0.2, 0) is 14.3 Å². The molecule has 1 rings (SSSR count). The van der Waals surface area contributed by atoms with Crippen LogP contribution in [0.2, 0.25) is 5.02 Å². The summed E-state index contributed by atoms with van der Waals surface area (Å²) in [6.45, 7) is 8.25. The van der Waals surface area contributed by atoms with Gasteiger partial charge >= 0.3 is 12.1 Å². The normalized spacial score (nSPS) is 11.7. The molecule has 8 heteroatoms. The number of halogens is 1. The third-order valence-corrected chi connectivity index (χ3v) is 3.58. The first-order valence-corrected chi connectivity index (χ1v) is 9.32. The fraction of sp³-hybridized carbons (Fsp3) is 0.500. The largest absolute Gasteiger partial charge is 0.496 e. The van der Waals surface area contributed by atoms with Crippen LogP contribution < -0.4 is 15.4 Å². The Morgan fingerprint density at radius 3 is 2.54 bits per heavy atom. The molecule has 156 valence electrons. The van der Waals surface area contributed by atoms with Crippen molar-refractivity contribution in [3.05, 3.63) is 34.4 Å². The standard InChI is InChI=1S/C20H29ClN2O5/c1-14(24)27-9-8-22-12-15(13-23-19(25)28-20(2,3)4)10-16-11-17(21)6-7-18(16)26-5/h6-7,10-11,22H,8-9,12-13H2,1-5H3,(H,23,25)/b15-10-. The van der Waals surface area contributed by atoms with Crippen LogP contribution in [0.1, 0.15) is 33.3 Å². The topological polar surface area (TPSA) is 85.9 Å². The second kappa shape index (κ2) is 11.6. The molecule has 0 aliphatic rings. The van der Waals surface area contributed by atoms with Crippen molar-refractivity contribution in [2.75, 3.05) is 33.4 Å². The third-order valence-electron chi connectivity index (χ3n) is 3.35. The van der Waals surface area contributed by atoms with Crippen molar-refractivity contribution in [2.24, 2.45) is 0 Å². The molecule has 7 nitrogen and oxygen atoms in total. The summed E-state index contributed by atoms with van der Waals surface area (Å²) in [6.07, 6.45) is 1.39. The van der Waals surface area contributed by atoms with Gasteiger partial charge < -0.3 is 24.8 Å². The highest BCUT2D eigenvalue weighted by Crippen LogP contribution is 2.24. The summed E-state index contributed by atoms with van der Waals surface area (Å²) in [5.41, 5.74) is 1.08. The Bertz CT molecular complexity index is 698. The number of ether oxygens (including phenoxy) is 3. The van der Waals surface area contributed by atoms with Gasteiger partial charge in [-0.25, -0.2) is 4.79 Å². The van der Waals surface area contributed by atoms with Crippen molar-refractivity contribution < 1.29 is 23.8 Å². The number of alkyl carbamates (subject to hydrolysis) is 1. The molecule has 0 spiro atoms. The van der Waals surface area contributed by atoms with Crippen LogP contribution in [0.4, 0.5) is 4.79 Å². The molecule has 0 aromatic heterocycles. The lowest BCUT2D eigenvalue weighted by Gasteiger charge is -2.20. The molecule has 0 saturated heterocycles. The number of esters is 1. The van der Waals surface area contributed by atoms with E-state index in [1.165, 1.54) is 6.92 Å². The molecular weight excluding hydrogens is 384 g/mol. The second-order valence-electron chi connectivity index (χ2n) is 7.06. The lowest BCUT2D eigenvalue weighted by Crippen LogP contribution is -2.35. The van der Waals surface area contributed by atoms with E-state index in [0.29, 0.717) is 23.9 Å². The summed E-state index contributed by atoms with van der Waals surface area (Å²) in [5.74, 6) is 0.340. The van der Waals surface area contributed by atoms with Gasteiger partial charge in [0.25, 0.3) is 0 Å². The summed E-state index contributed by atoms with van der Waals surface area (Å²) >= 11 is 6.09. The molecule has 2 N–H and O–H groups in total. The highest BCUT2D eigenvalue weighted by atomic mass is 35.5. The van der Waals surface area contributed by atoms with E-state index in [2.05, 4.69) is 10.6 Å². The van der Waals surface area contributed by atoms with Gasteiger partial charge in [-0.1, -0.05) is 11.6 Å². The number of carbonyl (C=O) groups is 2. The Morgan fingerprint density at radius 1 is 1.21 bits per heavy atom. The zero-order chi connectivity index (χ0) is 21.2. The quantitative estimate of drug-likeness (QED) is 0.477. The molecule has 0 saturated carbocycles. The number of methoxy groups -OCH3 is 1. The summed E-state index contributed by atoms with van der Waals surface area (Å²) in [7, 11) is 1.58. The predicted molar refractivity (Wildman–Crippen MR) is 110 cm³/mol. The Morgan fingerprint density at radius 2 is 1.93 bits per heavy atom. The predicted octanol–water partition coefficient (Wildman–Crippen LogP) is 3.41. The molecular formula is C20H29ClN2O5. The minimum Gasteiger partial charge on any atom is -0.496 e. The van der Waals surface area contributed by atoms with Crippen molar-refractivity contribution >= 4 is 29.7 Å². The first-order valence-electron chi connectivity index (χ1n) is 8.94. The Hall–Kier alpha value is -2.25. The molecule has 1 aromatic rings. The van der Waals surface area contributed by atoms with Crippen molar-refractivity contribution in [1.29, 1.82) is 0 Å². The first-order chi connectivity index (χ1) is 13.1. The highest BCUT2D eigenvalue weighted by molar-refractivity contribution is 6.30. The summed E-state index contributed by atoms with van der Waals surface area (Å²) < 4.78 is 15.5. The van der Waals surface area contributed by atoms with E-state index in [9.17, 15) is 9.59 Å². The van der Waals surface area contributed by atoms with Crippen LogP contribution >= 0.6 is 11.6 Å². The maximum Gasteiger partial charge on any atom is 0.407 e. The molecule has 1 amide bonds. The molecule has 0 fully saturated rings. The second-order valence-corrected chi connectivity index (χ2v) is 7.50. The number of rotatable bonds is 9. The van der Waals surface area contributed by atoms with Gasteiger partial charge in [0, 0.05) is 37.1 Å². The minimum atomic E-state index is -0.577. The number of hydrogen-bond acceptors (Lipinski definition) is 6. The molecule has 0 radical (unpaired) electrons. The number of nitrogens with one attached hydrogen (secondary N) is 2. The van der Waals surface area contributed by atoms with Gasteiger partial charge in [0.1, 0.15) is 18.0 Å². The van der Waals surface area contributed by atoms with Gasteiger partial charge in [0.2, 0.25) is 0 Å². The molecule has 0 atom stereocenters. The van der Waals surface area contributed by atoms with E-state index in [1.807, 2.05) is 6.08 Å². The number of carbonyl (C=O) groups excluding carboxylic acids is 2. The van der Waals surface area contributed by atoms with Crippen LogP contribution in [0.25, 0.3) is 6.08 Å². The average Bonchev–Trinajstić information content (AvgIpc) is 2.57. The smallest absolute Gasteiger partial charge is 0.407 e. The van der Waals surface area contributed by atoms with E-state index < -0.39 is 11.7 Å². The number of hydrogen-bond donors (Lipinski definition) is 2. The van der Waals surface area contributed by atoms with E-state index >= 15 is 0 Å². The monoisotopic (exact) mass is 412 g/mol. The van der Waals surface area contributed by atoms with E-state index in [-0.39, 0.29) is 19.1 Å². The van der Waals surface area contributed by atoms with E-state index in [1.54, 1.807) is 46.1 Å². The molecule has 0 heterocycles. The van der Waals surface area contributed by atoms with Crippen molar-refractivity contribution in [3.8, 4) is 5.75 Å². The minimum absolute atomic E-state index is 0.266. The third kappa shape index (κ3) is 10.2. The summed E-state index contributed by atoms with van der Waals surface area (Å²) in [6, 6.07) is 5.31. The van der Waals surface area contributed by atoms with Gasteiger partial charge in [-0.3, -0.25) is 4.79 Å². The summed E-state index contributed by atoms with van der Waals surface area (Å²) in [4.78, 5) is 22.8. The maximum absolute atomic E-state index is 12.0. The van der Waals surface area contributed by atoms with Gasteiger partial charge in [-0.15, -0.1) is 0 Å². The van der Waals surface area contributed by atoms with Crippen LogP contribution in [0.5, 0.6) is 5.75 Å². The van der Waals surface area contributed by atoms with Crippen molar-refractivity contribution in [3.63, 3.8) is 0 Å². The van der Waals surface area contributed by atoms with Gasteiger partial charge in [0.05, 0.1) is 7.11 Å². The molecule has 0 aliphatic carbocycles. The fourth-order valence-corrected chi connectivity index (χ4v) is 2.40. The zero-order valence-electron chi connectivity index (χ0n) is 17.1. The lowest BCUT2D eigenvalue weighted by molar-refractivity contribution is -0.140. The van der Waals surface area contributed by atoms with Gasteiger partial charge in [0.15, 0.2) is 0 Å². The molecule has 1 aromatic carbocycles. The zero-order valence-corrected chi connectivity index (χ0v) is 17.8. The number of amides is 1. The highest BCUT2D eigenvalue weighted by Gasteiger charge is 2.16. The van der Waals surface area contributed by atoms with Crippen LogP contribution in [-0.4, -0.2) is 51.0 Å². The first kappa shape index (κ1) is 23.8. The Balaban J connectivity index is 2.83. The average molecular weight is 413 g/mol. The molecule has 0 bridgehead atoms. The van der Waals surface area contributed by atoms with E-state index in [0.717, 1.165) is 11.1 Å². The van der Waals surface area contributed by atoms with Crippen LogP contribution in [0.15, 0.2) is 23.8 Å². The Kier molecular flexibility index (Phi) is 9.82.